The third-order valence-electron chi connectivity index (χ3n) is 4.49. The molecule has 0 bridgehead atoms. The Hall–Kier alpha value is -3.48. The standard InChI is InChI=1S/C19H17N3O4/c1-11-7-6-10-14(12(11)2)15(23)22-19(13-8-4-3-5-9-13)16(24)20-18(26)21-17(19)25/h3-10H,1-2H3,(H,22,23)(H2,20,21,24,25,26). The first kappa shape index (κ1) is 17.3. The van der Waals surface area contributed by atoms with Crippen molar-refractivity contribution < 1.29 is 19.2 Å². The molecule has 3 rings (SSSR count). The van der Waals surface area contributed by atoms with Gasteiger partial charge in [0.1, 0.15) is 0 Å². The summed E-state index contributed by atoms with van der Waals surface area (Å²) in [5.74, 6) is -2.40. The molecule has 0 atom stereocenters. The van der Waals surface area contributed by atoms with Gasteiger partial charge in [0.15, 0.2) is 0 Å². The van der Waals surface area contributed by atoms with E-state index in [1.807, 2.05) is 13.0 Å². The molecule has 1 saturated heterocycles. The summed E-state index contributed by atoms with van der Waals surface area (Å²) < 4.78 is 0. The molecule has 1 fully saturated rings. The maximum Gasteiger partial charge on any atom is 0.328 e. The van der Waals surface area contributed by atoms with E-state index in [0.29, 0.717) is 5.56 Å². The average molecular weight is 351 g/mol. The fourth-order valence-electron chi connectivity index (χ4n) is 2.90. The van der Waals surface area contributed by atoms with Crippen LogP contribution in [0.25, 0.3) is 0 Å². The highest BCUT2D eigenvalue weighted by molar-refractivity contribution is 6.24. The number of benzene rings is 2. The minimum absolute atomic E-state index is 0.251. The van der Waals surface area contributed by atoms with E-state index in [0.717, 1.165) is 11.1 Å². The number of barbiturate groups is 1. The molecule has 2 aromatic rings. The second-order valence-electron chi connectivity index (χ2n) is 6.05. The maximum atomic E-state index is 12.9. The maximum absolute atomic E-state index is 12.9. The number of hydrogen-bond acceptors (Lipinski definition) is 4. The first-order valence-electron chi connectivity index (χ1n) is 7.97. The topological polar surface area (TPSA) is 104 Å². The summed E-state index contributed by atoms with van der Waals surface area (Å²) in [5, 5.41) is 6.65. The Bertz CT molecular complexity index is 902. The normalized spacial score (nSPS) is 15.8. The molecule has 0 spiro atoms. The number of urea groups is 1. The van der Waals surface area contributed by atoms with E-state index >= 15 is 0 Å². The van der Waals surface area contributed by atoms with E-state index in [1.54, 1.807) is 49.4 Å². The Morgan fingerprint density at radius 2 is 1.50 bits per heavy atom. The first-order chi connectivity index (χ1) is 12.4. The zero-order chi connectivity index (χ0) is 18.9. The van der Waals surface area contributed by atoms with Crippen LogP contribution in [0.4, 0.5) is 4.79 Å². The van der Waals surface area contributed by atoms with E-state index in [2.05, 4.69) is 16.0 Å². The molecular weight excluding hydrogens is 334 g/mol. The molecule has 7 heteroatoms. The van der Waals surface area contributed by atoms with Crippen molar-refractivity contribution >= 4 is 23.8 Å². The predicted octanol–water partition coefficient (Wildman–Crippen LogP) is 1.29. The molecule has 132 valence electrons. The number of carbonyl (C=O) groups excluding carboxylic acids is 4. The van der Waals surface area contributed by atoms with Gasteiger partial charge in [0.25, 0.3) is 17.7 Å². The molecule has 1 aliphatic rings. The van der Waals surface area contributed by atoms with Crippen molar-refractivity contribution in [3.8, 4) is 0 Å². The fraction of sp³-hybridized carbons (Fsp3) is 0.158. The lowest BCUT2D eigenvalue weighted by Crippen LogP contribution is -2.71. The van der Waals surface area contributed by atoms with Crippen LogP contribution in [0.1, 0.15) is 27.0 Å². The molecule has 5 amide bonds. The van der Waals surface area contributed by atoms with Gasteiger partial charge in [0.05, 0.1) is 0 Å². The number of imide groups is 2. The molecule has 0 saturated carbocycles. The molecular formula is C19H17N3O4. The van der Waals surface area contributed by atoms with Crippen molar-refractivity contribution in [3.05, 3.63) is 70.8 Å². The highest BCUT2D eigenvalue weighted by Crippen LogP contribution is 2.25. The number of hydrogen-bond donors (Lipinski definition) is 3. The molecule has 0 radical (unpaired) electrons. The number of rotatable bonds is 3. The zero-order valence-corrected chi connectivity index (χ0v) is 14.3. The molecule has 0 aromatic heterocycles. The Labute approximate surface area is 149 Å². The van der Waals surface area contributed by atoms with Gasteiger partial charge in [0.2, 0.25) is 5.54 Å². The molecule has 2 aromatic carbocycles. The van der Waals surface area contributed by atoms with Gasteiger partial charge in [-0.2, -0.15) is 0 Å². The van der Waals surface area contributed by atoms with E-state index < -0.39 is 29.3 Å². The first-order valence-corrected chi connectivity index (χ1v) is 7.97. The number of nitrogens with one attached hydrogen (secondary N) is 3. The Morgan fingerprint density at radius 1 is 0.885 bits per heavy atom. The van der Waals surface area contributed by atoms with Crippen LogP contribution in [0.2, 0.25) is 0 Å². The third kappa shape index (κ3) is 2.73. The fourth-order valence-corrected chi connectivity index (χ4v) is 2.90. The van der Waals surface area contributed by atoms with Gasteiger partial charge >= 0.3 is 6.03 Å². The summed E-state index contributed by atoms with van der Waals surface area (Å²) >= 11 is 0. The molecule has 7 nitrogen and oxygen atoms in total. The predicted molar refractivity (Wildman–Crippen MR) is 93.2 cm³/mol. The van der Waals surface area contributed by atoms with E-state index in [9.17, 15) is 19.2 Å². The summed E-state index contributed by atoms with van der Waals surface area (Å²) in [7, 11) is 0. The van der Waals surface area contributed by atoms with Crippen molar-refractivity contribution in [1.29, 1.82) is 0 Å². The SMILES string of the molecule is Cc1cccc(C(=O)NC2(c3ccccc3)C(=O)NC(=O)NC2=O)c1C. The van der Waals surface area contributed by atoms with E-state index in [4.69, 9.17) is 0 Å². The highest BCUT2D eigenvalue weighted by Gasteiger charge is 2.53. The van der Waals surface area contributed by atoms with Crippen molar-refractivity contribution in [2.24, 2.45) is 0 Å². The summed E-state index contributed by atoms with van der Waals surface area (Å²) in [6, 6.07) is 12.3. The lowest BCUT2D eigenvalue weighted by atomic mass is 9.86. The van der Waals surface area contributed by atoms with Gasteiger partial charge in [0, 0.05) is 5.56 Å². The zero-order valence-electron chi connectivity index (χ0n) is 14.3. The smallest absolute Gasteiger partial charge is 0.326 e. The van der Waals surface area contributed by atoms with Gasteiger partial charge in [-0.25, -0.2) is 4.79 Å². The van der Waals surface area contributed by atoms with Gasteiger partial charge in [-0.05, 0) is 36.6 Å². The molecule has 3 N–H and O–H groups in total. The van der Waals surface area contributed by atoms with E-state index in [1.165, 1.54) is 0 Å². The third-order valence-corrected chi connectivity index (χ3v) is 4.49. The van der Waals surface area contributed by atoms with Crippen molar-refractivity contribution in [2.75, 3.05) is 0 Å². The monoisotopic (exact) mass is 351 g/mol. The van der Waals surface area contributed by atoms with Crippen LogP contribution in [0.15, 0.2) is 48.5 Å². The molecule has 0 unspecified atom stereocenters. The van der Waals surface area contributed by atoms with Crippen molar-refractivity contribution in [2.45, 2.75) is 19.4 Å². The van der Waals surface area contributed by atoms with Crippen molar-refractivity contribution in [1.82, 2.24) is 16.0 Å². The molecule has 0 aliphatic carbocycles. The van der Waals surface area contributed by atoms with E-state index in [-0.39, 0.29) is 5.56 Å². The average Bonchev–Trinajstić information content (AvgIpc) is 2.61. The highest BCUT2D eigenvalue weighted by atomic mass is 16.2. The van der Waals surface area contributed by atoms with Crippen LogP contribution in [0.5, 0.6) is 0 Å². The quantitative estimate of drug-likeness (QED) is 0.725. The molecule has 1 heterocycles. The van der Waals surface area contributed by atoms with Gasteiger partial charge < -0.3 is 5.32 Å². The molecule has 1 aliphatic heterocycles. The Balaban J connectivity index is 2.09. The Morgan fingerprint density at radius 3 is 2.12 bits per heavy atom. The van der Waals surface area contributed by atoms with Crippen LogP contribution in [-0.2, 0) is 15.1 Å². The summed E-state index contributed by atoms with van der Waals surface area (Å²) in [6.07, 6.45) is 0. The van der Waals surface area contributed by atoms with Crippen LogP contribution < -0.4 is 16.0 Å². The lowest BCUT2D eigenvalue weighted by molar-refractivity contribution is -0.139. The molecule has 26 heavy (non-hydrogen) atoms. The number of aryl methyl sites for hydroxylation is 1. The van der Waals surface area contributed by atoms with Gasteiger partial charge in [-0.3, -0.25) is 25.0 Å². The van der Waals surface area contributed by atoms with Crippen LogP contribution in [-0.4, -0.2) is 23.8 Å². The largest absolute Gasteiger partial charge is 0.328 e. The van der Waals surface area contributed by atoms with Crippen LogP contribution >= 0.6 is 0 Å². The number of amides is 5. The van der Waals surface area contributed by atoms with Crippen molar-refractivity contribution in [3.63, 3.8) is 0 Å². The van der Waals surface area contributed by atoms with Crippen LogP contribution in [0.3, 0.4) is 0 Å². The Kier molecular flexibility index (Phi) is 4.29. The van der Waals surface area contributed by atoms with Crippen LogP contribution in [0, 0.1) is 13.8 Å². The lowest BCUT2D eigenvalue weighted by Gasteiger charge is -2.35. The summed E-state index contributed by atoms with van der Waals surface area (Å²) in [4.78, 5) is 49.7. The second-order valence-corrected chi connectivity index (χ2v) is 6.05. The summed E-state index contributed by atoms with van der Waals surface area (Å²) in [5.41, 5.74) is 0.196. The van der Waals surface area contributed by atoms with Gasteiger partial charge in [-0.15, -0.1) is 0 Å². The minimum Gasteiger partial charge on any atom is -0.326 e. The van der Waals surface area contributed by atoms with Gasteiger partial charge in [-0.1, -0.05) is 42.5 Å². The summed E-state index contributed by atoms with van der Waals surface area (Å²) in [6.45, 7) is 3.64. The second kappa shape index (κ2) is 6.44. The number of carbonyl (C=O) groups is 4. The minimum atomic E-state index is -2.04.